The van der Waals surface area contributed by atoms with Gasteiger partial charge in [0.15, 0.2) is 11.4 Å². The van der Waals surface area contributed by atoms with Crippen molar-refractivity contribution < 1.29 is 76.9 Å². The molecule has 0 radical (unpaired) electrons. The number of aliphatic hydroxyl groups excluding tert-OH is 2. The topological polar surface area (TPSA) is 253 Å². The first-order valence-corrected chi connectivity index (χ1v) is 25.4. The van der Waals surface area contributed by atoms with Crippen LogP contribution >= 0.6 is 11.6 Å². The second-order valence-corrected chi connectivity index (χ2v) is 22.7. The molecule has 1 amide bonds. The van der Waals surface area contributed by atoms with Gasteiger partial charge in [0.1, 0.15) is 53.0 Å². The van der Waals surface area contributed by atoms with Gasteiger partial charge in [-0.2, -0.15) is 0 Å². The Balaban J connectivity index is 1.20. The number of amides is 1. The van der Waals surface area contributed by atoms with E-state index < -0.39 is 135 Å². The summed E-state index contributed by atoms with van der Waals surface area (Å²) >= 11 is 6.15. The number of nitrogens with zero attached hydrogens (tertiary/aromatic N) is 1. The first-order valence-electron chi connectivity index (χ1n) is 25.1. The molecule has 18 nitrogen and oxygen atoms in total. The minimum Gasteiger partial charge on any atom is -0.455 e. The molecule has 0 unspecified atom stereocenters. The van der Waals surface area contributed by atoms with Crippen molar-refractivity contribution in [1.29, 1.82) is 0 Å². The average molecular weight is 1070 g/mol. The highest BCUT2D eigenvalue weighted by molar-refractivity contribution is 6.31. The number of ketones is 1. The molecule has 4 N–H and O–H groups in total. The van der Waals surface area contributed by atoms with E-state index in [1.807, 2.05) is 0 Å². The Hall–Kier alpha value is -6.51. The van der Waals surface area contributed by atoms with E-state index in [4.69, 9.17) is 40.0 Å². The third-order valence-electron chi connectivity index (χ3n) is 16.0. The Labute approximate surface area is 441 Å². The largest absolute Gasteiger partial charge is 0.455 e. The number of carbonyl (C=O) groups is 6. The predicted octanol–water partition coefficient (Wildman–Crippen LogP) is 6.57. The molecule has 3 aromatic carbocycles. The van der Waals surface area contributed by atoms with Gasteiger partial charge in [-0.15, -0.1) is 0 Å². The third kappa shape index (κ3) is 9.16. The van der Waals surface area contributed by atoms with E-state index >= 15 is 14.0 Å². The summed E-state index contributed by atoms with van der Waals surface area (Å²) in [6, 6.07) is 15.8. The van der Waals surface area contributed by atoms with Crippen molar-refractivity contribution >= 4 is 58.3 Å². The number of alkyl carbamates (subject to hydrolysis) is 1. The first kappa shape index (κ1) is 54.3. The average Bonchev–Trinajstić information content (AvgIpc) is 4.20. The number of esters is 4. The molecule has 1 aromatic heterocycles. The zero-order chi connectivity index (χ0) is 55.2. The molecule has 0 spiro atoms. The summed E-state index contributed by atoms with van der Waals surface area (Å²) in [6.45, 7) is 11.3. The molecule has 2 bridgehead atoms. The highest BCUT2D eigenvalue weighted by Crippen LogP contribution is 2.64. The van der Waals surface area contributed by atoms with Crippen molar-refractivity contribution in [3.05, 3.63) is 128 Å². The fourth-order valence-corrected chi connectivity index (χ4v) is 12.1. The van der Waals surface area contributed by atoms with Crippen LogP contribution in [0, 0.1) is 22.6 Å². The van der Waals surface area contributed by atoms with Crippen molar-refractivity contribution in [2.45, 2.75) is 147 Å². The third-order valence-corrected chi connectivity index (χ3v) is 16.3. The Kier molecular flexibility index (Phi) is 13.9. The van der Waals surface area contributed by atoms with Gasteiger partial charge in [-0.05, 0) is 88.4 Å². The van der Waals surface area contributed by atoms with Crippen LogP contribution in [0.5, 0.6) is 0 Å². The number of hydrogen-bond donors (Lipinski definition) is 4. The maximum Gasteiger partial charge on any atom is 0.408 e. The number of ether oxygens (including phenoxy) is 6. The zero-order valence-corrected chi connectivity index (χ0v) is 43.8. The molecule has 11 atom stereocenters. The number of hydrogen-bond acceptors (Lipinski definition) is 16. The van der Waals surface area contributed by atoms with Crippen LogP contribution in [0.15, 0.2) is 94.9 Å². The van der Waals surface area contributed by atoms with Gasteiger partial charge in [0.05, 0.1) is 40.1 Å². The molecule has 404 valence electrons. The SMILES string of the molecule is CC(=O)O[C@@]12CO[C@@H]1C[C@H](O)[C@@]1(C)C(=O)[C@H](O)C3=C(C)[C@@H](OC(=O)[C@H](OC(=O)c4cn(C5CC5)c5cc(Cl)c(F)cc5c4=O)[C@@H](NC(=O)OC(C)(C)C)c4ccccc4)C[C@@](O)([C@@H](OC(=O)c4ccccc4)[C@H]21)C3(C)C. The molecule has 2 heterocycles. The van der Waals surface area contributed by atoms with E-state index in [-0.39, 0.29) is 57.3 Å². The van der Waals surface area contributed by atoms with Crippen LogP contribution in [0.25, 0.3) is 10.9 Å². The van der Waals surface area contributed by atoms with Crippen molar-refractivity contribution in [1.82, 2.24) is 9.88 Å². The van der Waals surface area contributed by atoms with Crippen molar-refractivity contribution in [3.8, 4) is 0 Å². The minimum atomic E-state index is -2.52. The summed E-state index contributed by atoms with van der Waals surface area (Å²) < 4.78 is 53.0. The summed E-state index contributed by atoms with van der Waals surface area (Å²) in [4.78, 5) is 101. The number of fused-ring (bicyclic) bond motifs is 6. The van der Waals surface area contributed by atoms with Gasteiger partial charge in [-0.25, -0.2) is 23.6 Å². The first-order chi connectivity index (χ1) is 35.6. The van der Waals surface area contributed by atoms with Crippen LogP contribution in [0.4, 0.5) is 9.18 Å². The van der Waals surface area contributed by atoms with Gasteiger partial charge < -0.3 is 53.6 Å². The Morgan fingerprint density at radius 2 is 1.58 bits per heavy atom. The van der Waals surface area contributed by atoms with Crippen LogP contribution < -0.4 is 10.7 Å². The fraction of sp³-hybridized carbons (Fsp3) is 0.482. The summed E-state index contributed by atoms with van der Waals surface area (Å²) in [5.74, 6) is -8.15. The quantitative estimate of drug-likeness (QED) is 0.0704. The van der Waals surface area contributed by atoms with Gasteiger partial charge in [-0.3, -0.25) is 14.4 Å². The van der Waals surface area contributed by atoms with Gasteiger partial charge in [0.2, 0.25) is 11.5 Å². The summed E-state index contributed by atoms with van der Waals surface area (Å²) in [5.41, 5.74) is -10.6. The standard InChI is InChI=1S/C56H60ClFN2O16/c1-27-37(24-56(70)47(74-48(66)30-17-13-10-14-18-30)45-54(8,46(65)43(64)40(27)53(56,6)7)38(62)23-39-55(45,26-71-39)75-28(2)61)72-50(68)44(41(29-15-11-9-12-16-29)59-51(69)76-52(3,4)5)73-49(67)33-25-60(31-19-20-31)36-22-34(57)35(58)21-32(36)42(33)63/h9-18,21-22,25,31,37-39,41,43-45,47,62,64,70H,19-20,23-24,26H2,1-8H3,(H,59,69)/t37-,38-,39+,41-,43+,44+,45-,47-,54+,55-,56+/m0/s1. The Morgan fingerprint density at radius 3 is 2.17 bits per heavy atom. The summed E-state index contributed by atoms with van der Waals surface area (Å²) in [7, 11) is 0. The molecular weight excluding hydrogens is 1010 g/mol. The van der Waals surface area contributed by atoms with E-state index in [0.29, 0.717) is 12.8 Å². The van der Waals surface area contributed by atoms with Gasteiger partial charge in [0.25, 0.3) is 0 Å². The molecule has 1 aliphatic heterocycles. The second-order valence-electron chi connectivity index (χ2n) is 22.2. The van der Waals surface area contributed by atoms with Crippen LogP contribution in [0.2, 0.25) is 5.02 Å². The molecule has 4 fully saturated rings. The van der Waals surface area contributed by atoms with E-state index in [9.17, 15) is 39.3 Å². The van der Waals surface area contributed by atoms with Gasteiger partial charge in [-0.1, -0.05) is 74.0 Å². The molecule has 3 saturated carbocycles. The number of carbonyl (C=O) groups excluding carboxylic acids is 6. The van der Waals surface area contributed by atoms with Crippen LogP contribution in [-0.4, -0.2) is 116 Å². The van der Waals surface area contributed by atoms with Gasteiger partial charge in [0, 0.05) is 42.8 Å². The van der Waals surface area contributed by atoms with E-state index in [1.54, 1.807) is 61.7 Å². The van der Waals surface area contributed by atoms with Crippen LogP contribution in [0.1, 0.15) is 119 Å². The number of Topliss-reactive ketones (excluding diaryl/α,β-unsaturated/α-hetero) is 1. The number of aromatic nitrogens is 1. The maximum absolute atomic E-state index is 15.4. The van der Waals surface area contributed by atoms with Crippen LogP contribution in [0.3, 0.4) is 0 Å². The number of rotatable bonds is 11. The molecule has 4 aromatic rings. The second kappa shape index (κ2) is 19.5. The number of pyridine rings is 1. The molecule has 5 aliphatic rings. The number of nitrogens with one attached hydrogen (secondary N) is 1. The normalized spacial score (nSPS) is 29.5. The predicted molar refractivity (Wildman–Crippen MR) is 268 cm³/mol. The lowest BCUT2D eigenvalue weighted by atomic mass is 9.44. The lowest BCUT2D eigenvalue weighted by Gasteiger charge is -2.67. The molecule has 9 rings (SSSR count). The van der Waals surface area contributed by atoms with E-state index in [0.717, 1.165) is 13.0 Å². The van der Waals surface area contributed by atoms with Gasteiger partial charge >= 0.3 is 30.0 Å². The van der Waals surface area contributed by atoms with Crippen molar-refractivity contribution in [2.75, 3.05) is 6.61 Å². The lowest BCUT2D eigenvalue weighted by Crippen LogP contribution is -2.81. The molecule has 20 heteroatoms. The number of aliphatic hydroxyl groups is 3. The fourth-order valence-electron chi connectivity index (χ4n) is 12.0. The Bertz CT molecular complexity index is 3140. The maximum atomic E-state index is 15.4. The zero-order valence-electron chi connectivity index (χ0n) is 43.1. The van der Waals surface area contributed by atoms with Crippen molar-refractivity contribution in [3.63, 3.8) is 0 Å². The summed E-state index contributed by atoms with van der Waals surface area (Å²) in [5, 5.41) is 40.6. The smallest absolute Gasteiger partial charge is 0.408 e. The highest BCUT2D eigenvalue weighted by Gasteiger charge is 2.78. The molecule has 4 aliphatic carbocycles. The molecule has 1 saturated heterocycles. The molecular formula is C56H60ClFN2O16. The summed E-state index contributed by atoms with van der Waals surface area (Å²) in [6.07, 6.45) is -10.1. The van der Waals surface area contributed by atoms with E-state index in [1.165, 1.54) is 64.2 Å². The monoisotopic (exact) mass is 1070 g/mol. The lowest BCUT2D eigenvalue weighted by molar-refractivity contribution is -0.346. The van der Waals surface area contributed by atoms with E-state index in [2.05, 4.69) is 5.32 Å². The highest BCUT2D eigenvalue weighted by atomic mass is 35.5. The number of halogens is 2. The van der Waals surface area contributed by atoms with Crippen molar-refractivity contribution in [2.24, 2.45) is 16.7 Å². The number of benzene rings is 3. The Morgan fingerprint density at radius 1 is 0.934 bits per heavy atom. The minimum absolute atomic E-state index is 0.0161. The molecule has 76 heavy (non-hydrogen) atoms. The van der Waals surface area contributed by atoms with Crippen LogP contribution in [-0.2, 0) is 42.8 Å².